The smallest absolute Gasteiger partial charge is 0.188 e. The first-order valence-electron chi connectivity index (χ1n) is 5.82. The highest BCUT2D eigenvalue weighted by molar-refractivity contribution is 6.12. The van der Waals surface area contributed by atoms with E-state index in [2.05, 4.69) is 4.98 Å². The van der Waals surface area contributed by atoms with Gasteiger partial charge in [-0.25, -0.2) is 0 Å². The first-order valence-corrected chi connectivity index (χ1v) is 5.82. The Morgan fingerprint density at radius 2 is 1.79 bits per heavy atom. The number of rotatable bonds is 5. The van der Waals surface area contributed by atoms with Crippen molar-refractivity contribution >= 4 is 11.6 Å². The minimum atomic E-state index is -0.276. The number of aromatic nitrogens is 1. The third-order valence-corrected chi connectivity index (χ3v) is 2.68. The molecule has 4 nitrogen and oxygen atoms in total. The van der Waals surface area contributed by atoms with Crippen molar-refractivity contribution in [2.75, 3.05) is 7.11 Å². The quantitative estimate of drug-likeness (QED) is 0.608. The molecule has 2 aromatic rings. The van der Waals surface area contributed by atoms with E-state index in [1.165, 1.54) is 6.20 Å². The van der Waals surface area contributed by atoms with Gasteiger partial charge in [-0.3, -0.25) is 14.6 Å². The number of carbonyl (C=O) groups excluding carboxylic acids is 2. The van der Waals surface area contributed by atoms with Gasteiger partial charge in [0.1, 0.15) is 11.4 Å². The van der Waals surface area contributed by atoms with Gasteiger partial charge in [-0.05, 0) is 36.4 Å². The standard InChI is InChI=1S/C15H13NO3/c1-19-12-7-5-11(6-8-12)14(17)10-15(18)13-4-2-3-9-16-13/h2-9H,10H2,1H3. The van der Waals surface area contributed by atoms with Crippen LogP contribution in [0, 0.1) is 0 Å². The van der Waals surface area contributed by atoms with Gasteiger partial charge < -0.3 is 4.74 Å². The van der Waals surface area contributed by atoms with Crippen LogP contribution >= 0.6 is 0 Å². The Morgan fingerprint density at radius 3 is 2.37 bits per heavy atom. The molecule has 2 rings (SSSR count). The molecular weight excluding hydrogens is 242 g/mol. The van der Waals surface area contributed by atoms with E-state index >= 15 is 0 Å². The van der Waals surface area contributed by atoms with Crippen molar-refractivity contribution in [3.8, 4) is 5.75 Å². The summed E-state index contributed by atoms with van der Waals surface area (Å²) in [5.41, 5.74) is 0.800. The van der Waals surface area contributed by atoms with Gasteiger partial charge in [0.2, 0.25) is 0 Å². The van der Waals surface area contributed by atoms with E-state index in [0.29, 0.717) is 17.0 Å². The number of ether oxygens (including phenoxy) is 1. The molecule has 4 heteroatoms. The lowest BCUT2D eigenvalue weighted by atomic mass is 10.0. The Labute approximate surface area is 111 Å². The van der Waals surface area contributed by atoms with Gasteiger partial charge >= 0.3 is 0 Å². The molecule has 1 heterocycles. The topological polar surface area (TPSA) is 56.3 Å². The first kappa shape index (κ1) is 13.0. The highest BCUT2D eigenvalue weighted by atomic mass is 16.5. The van der Waals surface area contributed by atoms with Crippen LogP contribution in [0.1, 0.15) is 27.3 Å². The predicted molar refractivity (Wildman–Crippen MR) is 70.5 cm³/mol. The van der Waals surface area contributed by atoms with Crippen molar-refractivity contribution in [1.82, 2.24) is 4.98 Å². The maximum absolute atomic E-state index is 11.9. The van der Waals surface area contributed by atoms with Gasteiger partial charge in [-0.1, -0.05) is 6.07 Å². The normalized spacial score (nSPS) is 9.95. The zero-order valence-electron chi connectivity index (χ0n) is 10.5. The molecule has 96 valence electrons. The molecular formula is C15H13NO3. The largest absolute Gasteiger partial charge is 0.497 e. The zero-order valence-corrected chi connectivity index (χ0v) is 10.5. The molecule has 0 radical (unpaired) electrons. The van der Waals surface area contributed by atoms with E-state index in [0.717, 1.165) is 0 Å². The summed E-state index contributed by atoms with van der Waals surface area (Å²) in [7, 11) is 1.56. The molecule has 0 aliphatic carbocycles. The molecule has 0 saturated heterocycles. The van der Waals surface area contributed by atoms with Crippen molar-refractivity contribution in [3.63, 3.8) is 0 Å². The number of hydrogen-bond donors (Lipinski definition) is 0. The van der Waals surface area contributed by atoms with Gasteiger partial charge in [0.25, 0.3) is 0 Å². The van der Waals surface area contributed by atoms with E-state index in [-0.39, 0.29) is 18.0 Å². The summed E-state index contributed by atoms with van der Waals surface area (Å²) in [4.78, 5) is 27.7. The van der Waals surface area contributed by atoms with Crippen molar-refractivity contribution in [1.29, 1.82) is 0 Å². The maximum Gasteiger partial charge on any atom is 0.188 e. The van der Waals surface area contributed by atoms with E-state index in [1.54, 1.807) is 49.6 Å². The number of methoxy groups -OCH3 is 1. The van der Waals surface area contributed by atoms with Crippen LogP contribution in [-0.4, -0.2) is 23.7 Å². The van der Waals surface area contributed by atoms with Crippen molar-refractivity contribution in [3.05, 3.63) is 59.9 Å². The van der Waals surface area contributed by atoms with E-state index < -0.39 is 0 Å². The molecule has 0 fully saturated rings. The van der Waals surface area contributed by atoms with E-state index in [4.69, 9.17) is 4.74 Å². The number of Topliss-reactive ketones (excluding diaryl/α,β-unsaturated/α-hetero) is 2. The van der Waals surface area contributed by atoms with Crippen LogP contribution < -0.4 is 4.74 Å². The minimum absolute atomic E-state index is 0.177. The SMILES string of the molecule is COc1ccc(C(=O)CC(=O)c2ccccn2)cc1. The molecule has 0 aliphatic rings. The predicted octanol–water partition coefficient (Wildman–Crippen LogP) is 2.55. The second kappa shape index (κ2) is 5.91. The molecule has 1 aromatic carbocycles. The minimum Gasteiger partial charge on any atom is -0.497 e. The average molecular weight is 255 g/mol. The van der Waals surface area contributed by atoms with Gasteiger partial charge in [0.15, 0.2) is 11.6 Å². The lowest BCUT2D eigenvalue weighted by Crippen LogP contribution is -2.09. The molecule has 0 N–H and O–H groups in total. The average Bonchev–Trinajstić information content (AvgIpc) is 2.48. The summed E-state index contributed by atoms with van der Waals surface area (Å²) < 4.78 is 5.01. The van der Waals surface area contributed by atoms with Gasteiger partial charge in [-0.15, -0.1) is 0 Å². The molecule has 19 heavy (non-hydrogen) atoms. The number of nitrogens with zero attached hydrogens (tertiary/aromatic N) is 1. The van der Waals surface area contributed by atoms with Crippen LogP contribution in [0.3, 0.4) is 0 Å². The molecule has 0 spiro atoms. The molecule has 0 bridgehead atoms. The van der Waals surface area contributed by atoms with E-state index in [1.807, 2.05) is 0 Å². The van der Waals surface area contributed by atoms with Crippen molar-refractivity contribution in [2.45, 2.75) is 6.42 Å². The van der Waals surface area contributed by atoms with Crippen LogP contribution in [0.25, 0.3) is 0 Å². The summed E-state index contributed by atoms with van der Waals surface area (Å²) in [6.45, 7) is 0. The molecule has 0 amide bonds. The number of benzene rings is 1. The second-order valence-corrected chi connectivity index (χ2v) is 3.97. The molecule has 0 saturated carbocycles. The van der Waals surface area contributed by atoms with Gasteiger partial charge in [0.05, 0.1) is 13.5 Å². The lowest BCUT2D eigenvalue weighted by Gasteiger charge is -2.02. The Bertz CT molecular complexity index is 576. The first-order chi connectivity index (χ1) is 9.20. The van der Waals surface area contributed by atoms with Gasteiger partial charge in [-0.2, -0.15) is 0 Å². The Balaban J connectivity index is 2.06. The number of pyridine rings is 1. The van der Waals surface area contributed by atoms with Gasteiger partial charge in [0, 0.05) is 11.8 Å². The summed E-state index contributed by atoms with van der Waals surface area (Å²) in [5.74, 6) is 0.173. The Morgan fingerprint density at radius 1 is 1.05 bits per heavy atom. The van der Waals surface area contributed by atoms with Crippen LogP contribution in [0.5, 0.6) is 5.75 Å². The van der Waals surface area contributed by atoms with Crippen LogP contribution in [0.15, 0.2) is 48.7 Å². The summed E-state index contributed by atoms with van der Waals surface area (Å²) in [6.07, 6.45) is 1.36. The fraction of sp³-hybridized carbons (Fsp3) is 0.133. The Kier molecular flexibility index (Phi) is 4.03. The highest BCUT2D eigenvalue weighted by Gasteiger charge is 2.14. The Hall–Kier alpha value is -2.49. The van der Waals surface area contributed by atoms with Crippen LogP contribution in [0.2, 0.25) is 0 Å². The second-order valence-electron chi connectivity index (χ2n) is 3.97. The highest BCUT2D eigenvalue weighted by Crippen LogP contribution is 2.13. The lowest BCUT2D eigenvalue weighted by molar-refractivity contribution is 0.0891. The van der Waals surface area contributed by atoms with Crippen molar-refractivity contribution < 1.29 is 14.3 Å². The summed E-state index contributed by atoms with van der Waals surface area (Å²) in [5, 5.41) is 0. The van der Waals surface area contributed by atoms with E-state index in [9.17, 15) is 9.59 Å². The number of carbonyl (C=O) groups is 2. The van der Waals surface area contributed by atoms with Crippen LogP contribution in [-0.2, 0) is 0 Å². The zero-order chi connectivity index (χ0) is 13.7. The number of hydrogen-bond acceptors (Lipinski definition) is 4. The third kappa shape index (κ3) is 3.25. The maximum atomic E-state index is 11.9. The molecule has 0 aliphatic heterocycles. The third-order valence-electron chi connectivity index (χ3n) is 2.68. The molecule has 0 unspecified atom stereocenters. The summed E-state index contributed by atoms with van der Waals surface area (Å²) in [6, 6.07) is 11.7. The van der Waals surface area contributed by atoms with Crippen molar-refractivity contribution in [2.24, 2.45) is 0 Å². The monoisotopic (exact) mass is 255 g/mol. The molecule has 0 atom stereocenters. The fourth-order valence-corrected chi connectivity index (χ4v) is 1.64. The number of ketones is 2. The summed E-state index contributed by atoms with van der Waals surface area (Å²) >= 11 is 0. The van der Waals surface area contributed by atoms with Crippen LogP contribution in [0.4, 0.5) is 0 Å². The molecule has 1 aromatic heterocycles. The fourth-order valence-electron chi connectivity index (χ4n) is 1.64.